The number of fused-ring (bicyclic) bond motifs is 5. The summed E-state index contributed by atoms with van der Waals surface area (Å²) in [6.07, 6.45) is 24.5. The number of imidazole rings is 3. The van der Waals surface area contributed by atoms with E-state index in [1.807, 2.05) is 107 Å². The number of aliphatic hydroxyl groups excluding tert-OH is 1. The highest BCUT2D eigenvalue weighted by atomic mass is 35.5. The zero-order chi connectivity index (χ0) is 69.1. The first-order chi connectivity index (χ1) is 49.7. The Morgan fingerprint density at radius 3 is 1.37 bits per heavy atom. The lowest BCUT2D eigenvalue weighted by molar-refractivity contribution is 0.277. The van der Waals surface area contributed by atoms with Gasteiger partial charge in [0.15, 0.2) is 45.7 Å². The van der Waals surface area contributed by atoms with Crippen LogP contribution in [0.3, 0.4) is 0 Å². The lowest BCUT2D eigenvalue weighted by atomic mass is 10.2. The van der Waals surface area contributed by atoms with Crippen LogP contribution < -0.4 is 26.6 Å². The van der Waals surface area contributed by atoms with Gasteiger partial charge in [0, 0.05) is 31.3 Å². The molecule has 0 amide bonds. The summed E-state index contributed by atoms with van der Waals surface area (Å²) in [7, 11) is 0. The number of aromatic amines is 2. The van der Waals surface area contributed by atoms with Crippen molar-refractivity contribution in [3.05, 3.63) is 253 Å². The number of aromatic nitrogens is 20. The van der Waals surface area contributed by atoms with E-state index in [0.29, 0.717) is 109 Å². The van der Waals surface area contributed by atoms with Crippen molar-refractivity contribution in [2.75, 3.05) is 33.2 Å². The van der Waals surface area contributed by atoms with E-state index in [4.69, 9.17) is 50.4 Å². The van der Waals surface area contributed by atoms with Crippen molar-refractivity contribution in [3.63, 3.8) is 0 Å². The quantitative estimate of drug-likeness (QED) is 0.0310. The van der Waals surface area contributed by atoms with Gasteiger partial charge in [-0.2, -0.15) is 19.9 Å². The van der Waals surface area contributed by atoms with Gasteiger partial charge in [0.05, 0.1) is 125 Å². The first-order valence-electron chi connectivity index (χ1n) is 31.1. The molecule has 31 nitrogen and oxygen atoms in total. The van der Waals surface area contributed by atoms with E-state index in [2.05, 4.69) is 111 Å². The van der Waals surface area contributed by atoms with E-state index in [0.717, 1.165) is 68.0 Å². The van der Waals surface area contributed by atoms with Crippen LogP contribution in [-0.4, -0.2) is 110 Å². The summed E-state index contributed by atoms with van der Waals surface area (Å²) < 4.78 is 45.5. The third-order valence-corrected chi connectivity index (χ3v) is 15.2. The predicted molar refractivity (Wildman–Crippen MR) is 372 cm³/mol. The van der Waals surface area contributed by atoms with Gasteiger partial charge in [-0.15, -0.1) is 0 Å². The number of nitrogens with one attached hydrogen (secondary N) is 7. The van der Waals surface area contributed by atoms with Crippen molar-refractivity contribution in [2.45, 2.75) is 59.3 Å². The number of aliphatic hydroxyl groups is 1. The van der Waals surface area contributed by atoms with E-state index in [1.54, 1.807) is 85.7 Å². The second-order valence-corrected chi connectivity index (χ2v) is 22.3. The van der Waals surface area contributed by atoms with Crippen molar-refractivity contribution < 1.29 is 31.6 Å². The zero-order valence-electron chi connectivity index (χ0n) is 53.4. The van der Waals surface area contributed by atoms with E-state index in [9.17, 15) is 4.39 Å². The Kier molecular flexibility index (Phi) is 21.4. The van der Waals surface area contributed by atoms with E-state index in [1.165, 1.54) is 18.9 Å². The first-order valence-corrected chi connectivity index (χ1v) is 31.8. The third kappa shape index (κ3) is 16.9. The number of aryl methyl sites for hydroxylation is 1. The fourth-order valence-corrected chi connectivity index (χ4v) is 10.5. The van der Waals surface area contributed by atoms with Crippen LogP contribution in [0, 0.1) is 12.7 Å². The molecule has 34 heteroatoms. The van der Waals surface area contributed by atoms with Crippen LogP contribution in [0.5, 0.6) is 0 Å². The molecule has 510 valence electrons. The minimum absolute atomic E-state index is 0.0463. The van der Waals surface area contributed by atoms with Crippen molar-refractivity contribution in [1.29, 1.82) is 0 Å². The Hall–Kier alpha value is -12.9. The molecule has 0 atom stereocenters. The van der Waals surface area contributed by atoms with Crippen molar-refractivity contribution in [1.82, 2.24) is 98.4 Å². The standard InChI is InChI=1S/C16H13ClN6O.C16H14N6O.C12H13N5O2.C12H12N4O.C11H8ClFN4O/c17-16-21-14(19-8-12-5-3-7-24-12)13-15(22-16)23(10-20-13)9-11-4-1-2-6-18-11;1-2-6-17-12(4-1)9-22-11-21-14-15(19-10-20-16(14)22)18-8-13-5-3-7-23-13;18-4-3-17-8-16-10-11(14-7-15-12(10)17)13-6-9-2-1-5-19-9;1-8-5-13-11-10(8)12(16-7-15-11)14-6-9-3-2-4-17-9;12-11-16-9(14-4-6-2-1-3-18-6)8-7(13)5-15-10(8)17-11/h1-7,10H,8-9H2,(H,19,21,22);1-7,10-11H,8-9H2,(H,18,19,20);1-2,5,7-8,18H,3-4,6H2,(H,13,14,15);2-5,7H,6H2,1H3,(H2,13,14,15,16);1-3,5H,4H2,(H2,14,15,16,17). The summed E-state index contributed by atoms with van der Waals surface area (Å²) in [5.74, 6) is 6.69. The number of hydrogen-bond donors (Lipinski definition) is 8. The monoisotopic (exact) mass is 1400 g/mol. The van der Waals surface area contributed by atoms with Crippen LogP contribution in [0.15, 0.2) is 213 Å². The Morgan fingerprint density at radius 1 is 0.426 bits per heavy atom. The number of halogens is 3. The van der Waals surface area contributed by atoms with Gasteiger partial charge in [0.25, 0.3) is 0 Å². The summed E-state index contributed by atoms with van der Waals surface area (Å²) in [4.78, 5) is 69.4. The molecule has 101 heavy (non-hydrogen) atoms. The van der Waals surface area contributed by atoms with Gasteiger partial charge in [-0.3, -0.25) is 9.97 Å². The highest BCUT2D eigenvalue weighted by Crippen LogP contribution is 2.28. The molecule has 8 N–H and O–H groups in total. The summed E-state index contributed by atoms with van der Waals surface area (Å²) in [6, 6.07) is 30.2. The molecule has 17 aromatic rings. The predicted octanol–water partition coefficient (Wildman–Crippen LogP) is 12.1. The molecule has 17 aromatic heterocycles. The zero-order valence-corrected chi connectivity index (χ0v) is 54.9. The van der Waals surface area contributed by atoms with Crippen molar-refractivity contribution in [2.24, 2.45) is 0 Å². The van der Waals surface area contributed by atoms with E-state index in [-0.39, 0.29) is 22.6 Å². The van der Waals surface area contributed by atoms with Crippen molar-refractivity contribution in [3.8, 4) is 0 Å². The van der Waals surface area contributed by atoms with Crippen LogP contribution >= 0.6 is 23.2 Å². The molecule has 17 rings (SSSR count). The second-order valence-electron chi connectivity index (χ2n) is 21.6. The fraction of sp³-hybridized carbons (Fsp3) is 0.149. The van der Waals surface area contributed by atoms with Crippen LogP contribution in [0.4, 0.5) is 33.5 Å². The number of furan rings is 5. The summed E-state index contributed by atoms with van der Waals surface area (Å²) >= 11 is 11.8. The molecule has 0 radical (unpaired) electrons. The molecule has 0 spiro atoms. The van der Waals surface area contributed by atoms with Gasteiger partial charge in [0.2, 0.25) is 10.6 Å². The highest BCUT2D eigenvalue weighted by molar-refractivity contribution is 6.29. The number of anilines is 5. The molecule has 0 bridgehead atoms. The smallest absolute Gasteiger partial charge is 0.226 e. The molecule has 0 aromatic carbocycles. The minimum Gasteiger partial charge on any atom is -0.467 e. The lowest BCUT2D eigenvalue weighted by Gasteiger charge is -2.06. The Balaban J connectivity index is 0.000000114. The van der Waals surface area contributed by atoms with Gasteiger partial charge in [-0.1, -0.05) is 12.1 Å². The van der Waals surface area contributed by atoms with Gasteiger partial charge in [-0.05, 0) is 121 Å². The first kappa shape index (κ1) is 66.7. The van der Waals surface area contributed by atoms with E-state index < -0.39 is 5.82 Å². The number of nitrogens with zero attached hydrogens (tertiary/aromatic N) is 18. The number of pyridine rings is 2. The molecule has 0 aliphatic carbocycles. The largest absolute Gasteiger partial charge is 0.467 e. The maximum Gasteiger partial charge on any atom is 0.226 e. The maximum absolute atomic E-state index is 13.6. The number of rotatable bonds is 21. The lowest BCUT2D eigenvalue weighted by Crippen LogP contribution is -2.05. The molecular formula is C67H60Cl2FN25O6. The minimum atomic E-state index is -0.427. The molecule has 0 aliphatic heterocycles. The van der Waals surface area contributed by atoms with Crippen LogP contribution in [0.1, 0.15) is 45.8 Å². The molecule has 0 aliphatic rings. The molecular weight excluding hydrogens is 1340 g/mol. The summed E-state index contributed by atoms with van der Waals surface area (Å²) in [5.41, 5.74) is 8.39. The Bertz CT molecular complexity index is 5360. The second kappa shape index (κ2) is 32.4. The van der Waals surface area contributed by atoms with Crippen LogP contribution in [0.2, 0.25) is 10.6 Å². The molecule has 0 saturated carbocycles. The van der Waals surface area contributed by atoms with Gasteiger partial charge >= 0.3 is 0 Å². The fourth-order valence-electron chi connectivity index (χ4n) is 10.2. The van der Waals surface area contributed by atoms with Gasteiger partial charge in [0.1, 0.15) is 81.7 Å². The van der Waals surface area contributed by atoms with Crippen LogP contribution in [0.25, 0.3) is 55.6 Å². The SMILES string of the molecule is Cc1c[nH]c2ncnc(NCc3ccco3)c12.Clc1nc(NCc2ccco2)c2ncn(Cc3ccccn3)c2n1.Fc1c[nH]c2nc(Cl)nc(NCc3ccco3)c12.OCCn1cnc2c(NCc3ccco3)ncnc21.c1ccc(Cn2cnc3c(NCc4ccco4)ncnc32)nc1. The number of H-pyrrole nitrogens is 2. The third-order valence-electron chi connectivity index (χ3n) is 14.9. The van der Waals surface area contributed by atoms with Gasteiger partial charge < -0.3 is 77.4 Å². The summed E-state index contributed by atoms with van der Waals surface area (Å²) in [5, 5.41) is 26.3. The Labute approximate surface area is 580 Å². The molecule has 0 saturated heterocycles. The number of hydrogen-bond acceptors (Lipinski definition) is 26. The average Bonchev–Trinajstić information content (AvgIpc) is 1.90. The topological polar surface area (TPSA) is 386 Å². The van der Waals surface area contributed by atoms with E-state index >= 15 is 0 Å². The maximum atomic E-state index is 13.6. The average molecular weight is 1400 g/mol. The molecule has 0 unspecified atom stereocenters. The molecule has 17 heterocycles. The Morgan fingerprint density at radius 2 is 0.861 bits per heavy atom. The highest BCUT2D eigenvalue weighted by Gasteiger charge is 2.17. The van der Waals surface area contributed by atoms with Gasteiger partial charge in [-0.25, -0.2) is 49.2 Å². The summed E-state index contributed by atoms with van der Waals surface area (Å²) in [6.45, 7) is 6.29. The van der Waals surface area contributed by atoms with Crippen LogP contribution in [-0.2, 0) is 52.4 Å². The van der Waals surface area contributed by atoms with Crippen molar-refractivity contribution >= 4 is 108 Å². The normalized spacial score (nSPS) is 11.0. The molecule has 0 fully saturated rings.